The maximum Gasteiger partial charge on any atom is 0.233 e. The number of phenolic OH excluding ortho intramolecular Hbond substituents is 1. The van der Waals surface area contributed by atoms with Crippen molar-refractivity contribution in [2.75, 3.05) is 19.8 Å². The summed E-state index contributed by atoms with van der Waals surface area (Å²) in [6.07, 6.45) is 4.54. The quantitative estimate of drug-likeness (QED) is 0.152. The molecule has 2 heterocycles. The summed E-state index contributed by atoms with van der Waals surface area (Å²) in [5, 5.41) is 10.3. The van der Waals surface area contributed by atoms with Gasteiger partial charge in [-0.05, 0) is 89.9 Å². The van der Waals surface area contributed by atoms with Crippen LogP contribution in [0.3, 0.4) is 0 Å². The van der Waals surface area contributed by atoms with Crippen molar-refractivity contribution in [1.29, 1.82) is 0 Å². The van der Waals surface area contributed by atoms with Crippen LogP contribution in [-0.2, 0) is 14.3 Å². The fourth-order valence-electron chi connectivity index (χ4n) is 6.86. The summed E-state index contributed by atoms with van der Waals surface area (Å²) in [5.41, 5.74) is 5.21. The number of halogens is 1. The van der Waals surface area contributed by atoms with Crippen LogP contribution in [0, 0.1) is 17.8 Å². The maximum atomic E-state index is 13.5. The van der Waals surface area contributed by atoms with Crippen LogP contribution in [0.2, 0.25) is 5.02 Å². The zero-order valence-electron chi connectivity index (χ0n) is 24.2. The Bertz CT molecular complexity index is 1550. The third-order valence-corrected chi connectivity index (χ3v) is 9.16. The standard InChI is InChI=1S/C36H36ClNO5/c1-2-17-38-35(40)29-19-26(21-42-28-11-7-4-8-12-28)33-30(34(29)36(38)41)22-43-32(33)16-14-24(23-9-5-3-6-10-23)18-25-13-15-27(39)20-31(25)37/h3-13,15,18,20,29-30,32,34,39H,2,14,16-17,19,21-22H2,1H3/b24-18-/t29-,30+,32-,34-/m1/s1. The lowest BCUT2D eigenvalue weighted by Crippen LogP contribution is -2.35. The minimum Gasteiger partial charge on any atom is -0.508 e. The number of carbonyl (C=O) groups is 2. The highest BCUT2D eigenvalue weighted by Gasteiger charge is 2.56. The number of nitrogens with zero attached hydrogens (tertiary/aromatic N) is 1. The van der Waals surface area contributed by atoms with Crippen molar-refractivity contribution >= 4 is 35.1 Å². The summed E-state index contributed by atoms with van der Waals surface area (Å²) in [6.45, 7) is 3.23. The van der Waals surface area contributed by atoms with Crippen LogP contribution in [0.4, 0.5) is 0 Å². The molecule has 0 unspecified atom stereocenters. The average Bonchev–Trinajstić information content (AvgIpc) is 3.55. The third kappa shape index (κ3) is 5.99. The molecule has 6 nitrogen and oxygen atoms in total. The summed E-state index contributed by atoms with van der Waals surface area (Å²) in [6, 6.07) is 24.8. The van der Waals surface area contributed by atoms with Gasteiger partial charge in [-0.3, -0.25) is 14.5 Å². The minimum atomic E-state index is -0.375. The minimum absolute atomic E-state index is 0.0570. The number of benzene rings is 3. The molecule has 1 aliphatic carbocycles. The fraction of sp³-hybridized carbons (Fsp3) is 0.333. The second kappa shape index (κ2) is 12.8. The molecule has 1 N–H and O–H groups in total. The Morgan fingerprint density at radius 2 is 1.77 bits per heavy atom. The molecule has 6 rings (SSSR count). The maximum absolute atomic E-state index is 13.5. The first-order chi connectivity index (χ1) is 20.9. The van der Waals surface area contributed by atoms with Crippen LogP contribution in [0.15, 0.2) is 90.0 Å². The Morgan fingerprint density at radius 1 is 1.02 bits per heavy atom. The van der Waals surface area contributed by atoms with E-state index >= 15 is 0 Å². The molecule has 0 spiro atoms. The molecule has 2 fully saturated rings. The number of aromatic hydroxyl groups is 1. The molecule has 0 bridgehead atoms. The number of phenols is 1. The predicted octanol–water partition coefficient (Wildman–Crippen LogP) is 7.17. The van der Waals surface area contributed by atoms with Crippen LogP contribution < -0.4 is 4.74 Å². The highest BCUT2D eigenvalue weighted by molar-refractivity contribution is 6.32. The van der Waals surface area contributed by atoms with Crippen molar-refractivity contribution in [1.82, 2.24) is 4.90 Å². The van der Waals surface area contributed by atoms with E-state index in [1.165, 1.54) is 4.90 Å². The van der Waals surface area contributed by atoms with Crippen LogP contribution in [0.1, 0.15) is 43.7 Å². The van der Waals surface area contributed by atoms with Crippen molar-refractivity contribution < 1.29 is 24.2 Å². The molecule has 222 valence electrons. The van der Waals surface area contributed by atoms with Gasteiger partial charge in [0.2, 0.25) is 11.8 Å². The SMILES string of the molecule is CCCN1C(=O)[C@@H]2[C@@H](CC(COc3ccccc3)=C3[C@@H](CC/C(=C/c4ccc(O)cc4Cl)c4ccccc4)OC[C@@H]32)C1=O. The van der Waals surface area contributed by atoms with E-state index in [4.69, 9.17) is 21.1 Å². The van der Waals surface area contributed by atoms with E-state index < -0.39 is 0 Å². The van der Waals surface area contributed by atoms with E-state index in [1.807, 2.05) is 61.5 Å². The van der Waals surface area contributed by atoms with Gasteiger partial charge in [0.15, 0.2) is 0 Å². The van der Waals surface area contributed by atoms with E-state index in [9.17, 15) is 14.7 Å². The Hall–Kier alpha value is -3.87. The lowest BCUT2D eigenvalue weighted by Gasteiger charge is -2.32. The number of hydrogen-bond donors (Lipinski definition) is 1. The van der Waals surface area contributed by atoms with Gasteiger partial charge in [-0.2, -0.15) is 0 Å². The van der Waals surface area contributed by atoms with Gasteiger partial charge in [0.25, 0.3) is 0 Å². The summed E-state index contributed by atoms with van der Waals surface area (Å²) >= 11 is 6.48. The topological polar surface area (TPSA) is 76.1 Å². The molecule has 43 heavy (non-hydrogen) atoms. The van der Waals surface area contributed by atoms with Crippen molar-refractivity contribution in [3.63, 3.8) is 0 Å². The molecule has 7 heteroatoms. The number of hydrogen-bond acceptors (Lipinski definition) is 5. The van der Waals surface area contributed by atoms with Gasteiger partial charge in [0.05, 0.1) is 29.6 Å². The first-order valence-electron chi connectivity index (χ1n) is 15.1. The molecule has 2 saturated heterocycles. The van der Waals surface area contributed by atoms with Gasteiger partial charge in [0, 0.05) is 12.5 Å². The lowest BCUT2D eigenvalue weighted by atomic mass is 9.69. The monoisotopic (exact) mass is 597 g/mol. The molecule has 0 radical (unpaired) electrons. The highest BCUT2D eigenvalue weighted by Crippen LogP contribution is 2.50. The second-order valence-electron chi connectivity index (χ2n) is 11.5. The molecule has 2 amide bonds. The normalized spacial score (nSPS) is 23.5. The van der Waals surface area contributed by atoms with Crippen LogP contribution >= 0.6 is 11.6 Å². The van der Waals surface area contributed by atoms with Crippen molar-refractivity contribution in [2.45, 2.75) is 38.7 Å². The number of amides is 2. The Labute approximate surface area is 257 Å². The summed E-state index contributed by atoms with van der Waals surface area (Å²) < 4.78 is 12.7. The molecule has 4 atom stereocenters. The third-order valence-electron chi connectivity index (χ3n) is 8.84. The van der Waals surface area contributed by atoms with E-state index in [-0.39, 0.29) is 41.4 Å². The molecule has 3 aromatic carbocycles. The molecule has 3 aliphatic rings. The summed E-state index contributed by atoms with van der Waals surface area (Å²) in [4.78, 5) is 28.4. The molecule has 0 saturated carbocycles. The second-order valence-corrected chi connectivity index (χ2v) is 11.9. The lowest BCUT2D eigenvalue weighted by molar-refractivity contribution is -0.140. The first kappa shape index (κ1) is 29.2. The predicted molar refractivity (Wildman–Crippen MR) is 167 cm³/mol. The Balaban J connectivity index is 1.31. The Morgan fingerprint density at radius 3 is 2.49 bits per heavy atom. The van der Waals surface area contributed by atoms with E-state index in [0.29, 0.717) is 44.0 Å². The number of ether oxygens (including phenoxy) is 2. The zero-order valence-corrected chi connectivity index (χ0v) is 25.0. The van der Waals surface area contributed by atoms with Crippen LogP contribution in [0.5, 0.6) is 11.5 Å². The largest absolute Gasteiger partial charge is 0.508 e. The first-order valence-corrected chi connectivity index (χ1v) is 15.4. The number of likely N-dealkylation sites (tertiary alicyclic amines) is 1. The van der Waals surface area contributed by atoms with E-state index in [0.717, 1.165) is 40.0 Å². The van der Waals surface area contributed by atoms with Crippen LogP contribution in [-0.4, -0.2) is 47.7 Å². The summed E-state index contributed by atoms with van der Waals surface area (Å²) in [5.74, 6) is -0.0899. The zero-order chi connectivity index (χ0) is 29.9. The van der Waals surface area contributed by atoms with E-state index in [2.05, 4.69) is 18.2 Å². The number of rotatable bonds is 10. The molecular weight excluding hydrogens is 562 g/mol. The molecular formula is C36H36ClNO5. The van der Waals surface area contributed by atoms with Gasteiger partial charge < -0.3 is 14.6 Å². The average molecular weight is 598 g/mol. The highest BCUT2D eigenvalue weighted by atomic mass is 35.5. The van der Waals surface area contributed by atoms with Crippen LogP contribution in [0.25, 0.3) is 11.6 Å². The number of para-hydroxylation sites is 1. The molecule has 0 aromatic heterocycles. The smallest absolute Gasteiger partial charge is 0.233 e. The van der Waals surface area contributed by atoms with Gasteiger partial charge in [-0.1, -0.05) is 67.1 Å². The van der Waals surface area contributed by atoms with Gasteiger partial charge in [-0.15, -0.1) is 0 Å². The van der Waals surface area contributed by atoms with Gasteiger partial charge >= 0.3 is 0 Å². The fourth-order valence-corrected chi connectivity index (χ4v) is 7.09. The van der Waals surface area contributed by atoms with Crippen molar-refractivity contribution in [3.05, 3.63) is 106 Å². The van der Waals surface area contributed by atoms with Crippen molar-refractivity contribution in [3.8, 4) is 11.5 Å². The summed E-state index contributed by atoms with van der Waals surface area (Å²) in [7, 11) is 0. The number of allylic oxidation sites excluding steroid dienone is 1. The molecule has 3 aromatic rings. The van der Waals surface area contributed by atoms with E-state index in [1.54, 1.807) is 12.1 Å². The van der Waals surface area contributed by atoms with Crippen molar-refractivity contribution in [2.24, 2.45) is 17.8 Å². The number of imide groups is 1. The molecule has 2 aliphatic heterocycles. The van der Waals surface area contributed by atoms with Gasteiger partial charge in [-0.25, -0.2) is 0 Å². The number of carbonyl (C=O) groups excluding carboxylic acids is 2. The van der Waals surface area contributed by atoms with Gasteiger partial charge in [0.1, 0.15) is 18.1 Å². The Kier molecular flexibility index (Phi) is 8.68. The number of fused-ring (bicyclic) bond motifs is 3.